The largest absolute Gasteiger partial charge is 0.480 e. The molecule has 2 N–H and O–H groups in total. The Labute approximate surface area is 129 Å². The van der Waals surface area contributed by atoms with Crippen molar-refractivity contribution in [3.05, 3.63) is 48.0 Å². The number of amides is 1. The van der Waals surface area contributed by atoms with E-state index in [0.29, 0.717) is 5.56 Å². The van der Waals surface area contributed by atoms with E-state index in [9.17, 15) is 22.8 Å². The van der Waals surface area contributed by atoms with Gasteiger partial charge in [-0.1, -0.05) is 42.5 Å². The number of aliphatic carboxylic acids is 1. The summed E-state index contributed by atoms with van der Waals surface area (Å²) in [6, 6.07) is 10.5. The number of carboxylic acids is 1. The number of fused-ring (bicyclic) bond motifs is 1. The number of hydrogen-bond acceptors (Lipinski definition) is 2. The van der Waals surface area contributed by atoms with E-state index in [1.165, 1.54) is 0 Å². The molecule has 0 aliphatic rings. The summed E-state index contributed by atoms with van der Waals surface area (Å²) >= 11 is 0. The molecule has 0 saturated carbocycles. The van der Waals surface area contributed by atoms with E-state index in [1.54, 1.807) is 24.3 Å². The van der Waals surface area contributed by atoms with Crippen molar-refractivity contribution in [2.24, 2.45) is 0 Å². The Morgan fingerprint density at radius 2 is 1.74 bits per heavy atom. The van der Waals surface area contributed by atoms with Crippen molar-refractivity contribution in [2.75, 3.05) is 0 Å². The van der Waals surface area contributed by atoms with Gasteiger partial charge >= 0.3 is 12.1 Å². The quantitative estimate of drug-likeness (QED) is 0.888. The molecule has 0 radical (unpaired) electrons. The Balaban J connectivity index is 2.12. The van der Waals surface area contributed by atoms with Crippen LogP contribution in [-0.2, 0) is 16.0 Å². The minimum Gasteiger partial charge on any atom is -0.480 e. The van der Waals surface area contributed by atoms with Crippen LogP contribution in [0, 0.1) is 0 Å². The number of halogens is 3. The monoisotopic (exact) mass is 325 g/mol. The van der Waals surface area contributed by atoms with Crippen molar-refractivity contribution in [3.8, 4) is 0 Å². The number of nitrogens with one attached hydrogen (secondary N) is 1. The predicted octanol–water partition coefficient (Wildman–Crippen LogP) is 2.90. The fourth-order valence-electron chi connectivity index (χ4n) is 2.30. The van der Waals surface area contributed by atoms with Crippen LogP contribution < -0.4 is 5.32 Å². The third-order valence-electron chi connectivity index (χ3n) is 3.30. The molecule has 1 atom stereocenters. The van der Waals surface area contributed by atoms with Gasteiger partial charge in [-0.25, -0.2) is 4.79 Å². The van der Waals surface area contributed by atoms with Crippen molar-refractivity contribution < 1.29 is 27.9 Å². The number of hydrogen-bond donors (Lipinski definition) is 2. The molecule has 0 fully saturated rings. The van der Waals surface area contributed by atoms with E-state index >= 15 is 0 Å². The van der Waals surface area contributed by atoms with E-state index in [-0.39, 0.29) is 6.42 Å². The van der Waals surface area contributed by atoms with Crippen LogP contribution in [0.3, 0.4) is 0 Å². The second-order valence-corrected chi connectivity index (χ2v) is 5.09. The molecule has 0 aliphatic heterocycles. The van der Waals surface area contributed by atoms with Gasteiger partial charge in [0.05, 0.1) is 12.8 Å². The molecule has 2 rings (SSSR count). The van der Waals surface area contributed by atoms with Gasteiger partial charge in [0.15, 0.2) is 0 Å². The molecule has 1 unspecified atom stereocenters. The maximum Gasteiger partial charge on any atom is 0.391 e. The van der Waals surface area contributed by atoms with E-state index in [0.717, 1.165) is 10.8 Å². The van der Waals surface area contributed by atoms with Crippen molar-refractivity contribution in [1.82, 2.24) is 5.32 Å². The lowest BCUT2D eigenvalue weighted by Gasteiger charge is -2.16. The van der Waals surface area contributed by atoms with Crippen molar-refractivity contribution >= 4 is 22.6 Å². The molecular formula is C16H14F3NO3. The Kier molecular flexibility index (Phi) is 4.88. The third kappa shape index (κ3) is 4.70. The van der Waals surface area contributed by atoms with Gasteiger partial charge in [0, 0.05) is 0 Å². The van der Waals surface area contributed by atoms with E-state index in [1.807, 2.05) is 23.5 Å². The normalized spacial score (nSPS) is 12.8. The van der Waals surface area contributed by atoms with Gasteiger partial charge in [-0.3, -0.25) is 4.79 Å². The Hall–Kier alpha value is -2.57. The molecular weight excluding hydrogens is 311 g/mol. The second kappa shape index (κ2) is 6.68. The molecule has 0 bridgehead atoms. The average molecular weight is 325 g/mol. The number of carbonyl (C=O) groups is 2. The highest BCUT2D eigenvalue weighted by atomic mass is 19.4. The van der Waals surface area contributed by atoms with Gasteiger partial charge in [0.1, 0.15) is 6.04 Å². The van der Waals surface area contributed by atoms with Crippen LogP contribution in [0.5, 0.6) is 0 Å². The zero-order chi connectivity index (χ0) is 17.0. The minimum absolute atomic E-state index is 0.191. The minimum atomic E-state index is -4.67. The molecule has 7 heteroatoms. The standard InChI is InChI=1S/C16H14F3NO3/c17-16(18,19)9-13(15(22)23)20-14(21)8-11-6-3-5-10-4-1-2-7-12(10)11/h1-7,13H,8-9H2,(H,20,21)(H,22,23). The molecule has 122 valence electrons. The SMILES string of the molecule is O=C(Cc1cccc2ccccc12)NC(CC(F)(F)F)C(=O)O. The van der Waals surface area contributed by atoms with Crippen LogP contribution in [0.15, 0.2) is 42.5 Å². The van der Waals surface area contributed by atoms with Crippen LogP contribution in [0.1, 0.15) is 12.0 Å². The number of alkyl halides is 3. The Morgan fingerprint density at radius 1 is 1.09 bits per heavy atom. The van der Waals surface area contributed by atoms with Crippen molar-refractivity contribution in [1.29, 1.82) is 0 Å². The molecule has 2 aromatic carbocycles. The maximum absolute atomic E-state index is 12.3. The second-order valence-electron chi connectivity index (χ2n) is 5.09. The molecule has 0 aliphatic carbocycles. The van der Waals surface area contributed by atoms with Crippen molar-refractivity contribution in [2.45, 2.75) is 25.1 Å². The van der Waals surface area contributed by atoms with Gasteiger partial charge in [-0.2, -0.15) is 13.2 Å². The van der Waals surface area contributed by atoms with E-state index in [2.05, 4.69) is 0 Å². The molecule has 0 saturated heterocycles. The van der Waals surface area contributed by atoms with Gasteiger partial charge in [0.25, 0.3) is 0 Å². The number of carboxylic acid groups (broad SMARTS) is 1. The van der Waals surface area contributed by atoms with E-state index < -0.39 is 30.5 Å². The third-order valence-corrected chi connectivity index (χ3v) is 3.30. The summed E-state index contributed by atoms with van der Waals surface area (Å²) in [4.78, 5) is 22.8. The fourth-order valence-corrected chi connectivity index (χ4v) is 2.30. The first-order valence-corrected chi connectivity index (χ1v) is 6.82. The number of carbonyl (C=O) groups excluding carboxylic acids is 1. The maximum atomic E-state index is 12.3. The molecule has 1 amide bonds. The topological polar surface area (TPSA) is 66.4 Å². The molecule has 0 heterocycles. The summed E-state index contributed by atoms with van der Waals surface area (Å²) < 4.78 is 37.0. The predicted molar refractivity (Wildman–Crippen MR) is 77.9 cm³/mol. The molecule has 23 heavy (non-hydrogen) atoms. The molecule has 0 aromatic heterocycles. The highest BCUT2D eigenvalue weighted by Crippen LogP contribution is 2.22. The summed E-state index contributed by atoms with van der Waals surface area (Å²) in [5.74, 6) is -2.48. The first kappa shape index (κ1) is 16.8. The van der Waals surface area contributed by atoms with Crippen LogP contribution in [-0.4, -0.2) is 29.2 Å². The Bertz CT molecular complexity index is 723. The summed E-state index contributed by atoms with van der Waals surface area (Å²) in [6.07, 6.45) is -6.47. The van der Waals surface area contributed by atoms with Gasteiger partial charge in [-0.15, -0.1) is 0 Å². The van der Waals surface area contributed by atoms with Gasteiger partial charge in [0.2, 0.25) is 5.91 Å². The Morgan fingerprint density at radius 3 is 2.39 bits per heavy atom. The number of benzene rings is 2. The summed E-state index contributed by atoms with van der Waals surface area (Å²) in [6.45, 7) is 0. The molecule has 2 aromatic rings. The van der Waals surface area contributed by atoms with Gasteiger partial charge in [-0.05, 0) is 16.3 Å². The smallest absolute Gasteiger partial charge is 0.391 e. The van der Waals surface area contributed by atoms with E-state index in [4.69, 9.17) is 5.11 Å². The fraction of sp³-hybridized carbons (Fsp3) is 0.250. The van der Waals surface area contributed by atoms with Crippen LogP contribution in [0.2, 0.25) is 0 Å². The lowest BCUT2D eigenvalue weighted by atomic mass is 10.0. The summed E-state index contributed by atoms with van der Waals surface area (Å²) in [5.41, 5.74) is 0.622. The zero-order valence-corrected chi connectivity index (χ0v) is 11.9. The van der Waals surface area contributed by atoms with Crippen LogP contribution in [0.25, 0.3) is 10.8 Å². The first-order valence-electron chi connectivity index (χ1n) is 6.82. The van der Waals surface area contributed by atoms with Crippen LogP contribution in [0.4, 0.5) is 13.2 Å². The van der Waals surface area contributed by atoms with Gasteiger partial charge < -0.3 is 10.4 Å². The highest BCUT2D eigenvalue weighted by Gasteiger charge is 2.36. The first-order chi connectivity index (χ1) is 10.8. The lowest BCUT2D eigenvalue weighted by Crippen LogP contribution is -2.44. The zero-order valence-electron chi connectivity index (χ0n) is 11.9. The molecule has 0 spiro atoms. The lowest BCUT2D eigenvalue weighted by molar-refractivity contribution is -0.159. The molecule has 4 nitrogen and oxygen atoms in total. The van der Waals surface area contributed by atoms with Crippen molar-refractivity contribution in [3.63, 3.8) is 0 Å². The number of rotatable bonds is 5. The summed E-state index contributed by atoms with van der Waals surface area (Å²) in [5, 5.41) is 12.4. The van der Waals surface area contributed by atoms with Crippen LogP contribution >= 0.6 is 0 Å². The average Bonchev–Trinajstić information content (AvgIpc) is 2.45. The summed E-state index contributed by atoms with van der Waals surface area (Å²) in [7, 11) is 0. The highest BCUT2D eigenvalue weighted by molar-refractivity contribution is 5.91.